The summed E-state index contributed by atoms with van der Waals surface area (Å²) in [5.41, 5.74) is 0.0580. The molecule has 0 spiro atoms. The number of carbonyl (C=O) groups is 3. The summed E-state index contributed by atoms with van der Waals surface area (Å²) >= 11 is 0. The minimum Gasteiger partial charge on any atom is -0.478 e. The lowest BCUT2D eigenvalue weighted by atomic mass is 10.1. The number of carboxylic acid groups (broad SMARTS) is 1. The lowest BCUT2D eigenvalue weighted by Gasteiger charge is -2.07. The van der Waals surface area contributed by atoms with E-state index in [4.69, 9.17) is 10.2 Å². The molecule has 0 aromatic heterocycles. The highest BCUT2D eigenvalue weighted by Gasteiger charge is 2.35. The van der Waals surface area contributed by atoms with Crippen molar-refractivity contribution < 1.29 is 24.6 Å². The fraction of sp³-hybridized carbons (Fsp3) is 0.100. The number of rotatable bonds is 2. The Morgan fingerprint density at radius 3 is 2.38 bits per heavy atom. The van der Waals surface area contributed by atoms with Crippen LogP contribution >= 0.6 is 0 Å². The number of amides is 2. The van der Waals surface area contributed by atoms with Crippen LogP contribution in [-0.4, -0.2) is 39.6 Å². The first kappa shape index (κ1) is 10.3. The van der Waals surface area contributed by atoms with Gasteiger partial charge in [0.15, 0.2) is 0 Å². The van der Waals surface area contributed by atoms with Crippen LogP contribution in [0.4, 0.5) is 0 Å². The van der Waals surface area contributed by atoms with E-state index in [-0.39, 0.29) is 16.7 Å². The lowest BCUT2D eigenvalue weighted by molar-refractivity contribution is 0.0489. The van der Waals surface area contributed by atoms with Gasteiger partial charge in [-0.2, -0.15) is 0 Å². The van der Waals surface area contributed by atoms with Crippen molar-refractivity contribution in [1.82, 2.24) is 4.90 Å². The largest absolute Gasteiger partial charge is 0.478 e. The zero-order chi connectivity index (χ0) is 11.9. The molecule has 6 nitrogen and oxygen atoms in total. The minimum atomic E-state index is -1.18. The first-order valence-electron chi connectivity index (χ1n) is 4.40. The van der Waals surface area contributed by atoms with Gasteiger partial charge in [-0.1, -0.05) is 0 Å². The number of imide groups is 1. The van der Waals surface area contributed by atoms with Crippen LogP contribution in [-0.2, 0) is 0 Å². The molecule has 0 unspecified atom stereocenters. The van der Waals surface area contributed by atoms with Gasteiger partial charge in [0.25, 0.3) is 11.8 Å². The second-order valence-corrected chi connectivity index (χ2v) is 3.25. The zero-order valence-electron chi connectivity index (χ0n) is 8.01. The second-order valence-electron chi connectivity index (χ2n) is 3.25. The molecule has 16 heavy (non-hydrogen) atoms. The molecule has 0 bridgehead atoms. The van der Waals surface area contributed by atoms with Crippen LogP contribution in [0.3, 0.4) is 0 Å². The number of benzene rings is 1. The van der Waals surface area contributed by atoms with E-state index in [2.05, 4.69) is 0 Å². The lowest BCUT2D eigenvalue weighted by Crippen LogP contribution is -2.30. The minimum absolute atomic E-state index is 0.0129. The second kappa shape index (κ2) is 3.42. The predicted molar refractivity (Wildman–Crippen MR) is 51.0 cm³/mol. The number of hydrogen-bond acceptors (Lipinski definition) is 4. The number of aliphatic hydroxyl groups is 1. The zero-order valence-corrected chi connectivity index (χ0v) is 8.01. The summed E-state index contributed by atoms with van der Waals surface area (Å²) in [6.45, 7) is -0.714. The fourth-order valence-electron chi connectivity index (χ4n) is 1.55. The van der Waals surface area contributed by atoms with E-state index in [1.807, 2.05) is 0 Å². The Balaban J connectivity index is 2.56. The Morgan fingerprint density at radius 1 is 1.19 bits per heavy atom. The van der Waals surface area contributed by atoms with Gasteiger partial charge in [0.05, 0.1) is 16.7 Å². The molecule has 6 heteroatoms. The van der Waals surface area contributed by atoms with Gasteiger partial charge in [-0.05, 0) is 18.2 Å². The molecule has 2 amide bonds. The van der Waals surface area contributed by atoms with E-state index in [1.54, 1.807) is 0 Å². The van der Waals surface area contributed by atoms with Crippen LogP contribution in [0, 0.1) is 0 Å². The molecule has 2 rings (SSSR count). The molecule has 1 aromatic rings. The first-order chi connectivity index (χ1) is 7.56. The van der Waals surface area contributed by atoms with Gasteiger partial charge in [0, 0.05) is 0 Å². The average molecular weight is 221 g/mol. The van der Waals surface area contributed by atoms with Gasteiger partial charge in [-0.3, -0.25) is 14.5 Å². The summed E-state index contributed by atoms with van der Waals surface area (Å²) < 4.78 is 0. The Hall–Kier alpha value is -2.21. The Kier molecular flexibility index (Phi) is 2.21. The van der Waals surface area contributed by atoms with E-state index >= 15 is 0 Å². The number of nitrogens with zero attached hydrogens (tertiary/aromatic N) is 1. The van der Waals surface area contributed by atoms with Crippen molar-refractivity contribution in [3.05, 3.63) is 34.9 Å². The highest BCUT2D eigenvalue weighted by Crippen LogP contribution is 2.23. The molecule has 1 heterocycles. The molecule has 82 valence electrons. The fourth-order valence-corrected chi connectivity index (χ4v) is 1.55. The van der Waals surface area contributed by atoms with Crippen LogP contribution < -0.4 is 0 Å². The van der Waals surface area contributed by atoms with Crippen molar-refractivity contribution in [2.75, 3.05) is 6.73 Å². The van der Waals surface area contributed by atoms with Crippen molar-refractivity contribution >= 4 is 17.8 Å². The average Bonchev–Trinajstić information content (AvgIpc) is 2.51. The number of aromatic carboxylic acids is 1. The molecule has 0 saturated carbocycles. The van der Waals surface area contributed by atoms with Gasteiger partial charge in [-0.15, -0.1) is 0 Å². The molecule has 2 N–H and O–H groups in total. The predicted octanol–water partition coefficient (Wildman–Crippen LogP) is -0.0694. The third-order valence-electron chi connectivity index (χ3n) is 2.36. The molecular weight excluding hydrogens is 214 g/mol. The molecular formula is C10H7NO5. The van der Waals surface area contributed by atoms with E-state index in [0.717, 1.165) is 6.07 Å². The van der Waals surface area contributed by atoms with Crippen molar-refractivity contribution in [2.24, 2.45) is 0 Å². The highest BCUT2D eigenvalue weighted by molar-refractivity contribution is 6.21. The third-order valence-corrected chi connectivity index (χ3v) is 2.36. The van der Waals surface area contributed by atoms with Gasteiger partial charge >= 0.3 is 5.97 Å². The monoisotopic (exact) mass is 221 g/mol. The molecule has 1 aromatic carbocycles. The normalized spacial score (nSPS) is 14.2. The number of aliphatic hydroxyl groups excluding tert-OH is 1. The van der Waals surface area contributed by atoms with E-state index < -0.39 is 24.5 Å². The summed E-state index contributed by atoms with van der Waals surface area (Å²) in [5, 5.41) is 17.6. The van der Waals surface area contributed by atoms with Crippen molar-refractivity contribution in [3.63, 3.8) is 0 Å². The SMILES string of the molecule is O=C(O)c1ccc2c(c1)C(=O)N(CO)C2=O. The molecule has 1 aliphatic rings. The summed E-state index contributed by atoms with van der Waals surface area (Å²) in [5.74, 6) is -2.46. The van der Waals surface area contributed by atoms with Gasteiger partial charge < -0.3 is 10.2 Å². The number of carbonyl (C=O) groups excluding carboxylic acids is 2. The van der Waals surface area contributed by atoms with Crippen LogP contribution in [0.2, 0.25) is 0 Å². The van der Waals surface area contributed by atoms with Crippen LogP contribution in [0.5, 0.6) is 0 Å². The Morgan fingerprint density at radius 2 is 1.81 bits per heavy atom. The van der Waals surface area contributed by atoms with Crippen LogP contribution in [0.15, 0.2) is 18.2 Å². The van der Waals surface area contributed by atoms with E-state index in [9.17, 15) is 14.4 Å². The Bertz CT molecular complexity index is 508. The quantitative estimate of drug-likeness (QED) is 0.681. The topological polar surface area (TPSA) is 94.9 Å². The summed E-state index contributed by atoms with van der Waals surface area (Å²) in [6.07, 6.45) is 0. The Labute approximate surface area is 89.7 Å². The summed E-state index contributed by atoms with van der Waals surface area (Å²) in [6, 6.07) is 3.65. The maximum absolute atomic E-state index is 11.6. The molecule has 1 aliphatic heterocycles. The van der Waals surface area contributed by atoms with Gasteiger partial charge in [-0.25, -0.2) is 4.79 Å². The standard InChI is InChI=1S/C10H7NO5/c12-4-11-8(13)6-2-1-5(10(15)16)3-7(6)9(11)14/h1-3,12H,4H2,(H,15,16). The number of fused-ring (bicyclic) bond motifs is 1. The van der Waals surface area contributed by atoms with Crippen LogP contribution in [0.25, 0.3) is 0 Å². The van der Waals surface area contributed by atoms with Crippen molar-refractivity contribution in [1.29, 1.82) is 0 Å². The molecule has 0 atom stereocenters. The first-order valence-corrected chi connectivity index (χ1v) is 4.40. The number of carboxylic acids is 1. The molecule has 0 radical (unpaired) electrons. The van der Waals surface area contributed by atoms with Crippen molar-refractivity contribution in [3.8, 4) is 0 Å². The molecule has 0 fully saturated rings. The molecule has 0 saturated heterocycles. The third kappa shape index (κ3) is 1.28. The number of hydrogen-bond donors (Lipinski definition) is 2. The highest BCUT2D eigenvalue weighted by atomic mass is 16.4. The van der Waals surface area contributed by atoms with E-state index in [0.29, 0.717) is 4.90 Å². The van der Waals surface area contributed by atoms with Crippen molar-refractivity contribution in [2.45, 2.75) is 0 Å². The van der Waals surface area contributed by atoms with E-state index in [1.165, 1.54) is 12.1 Å². The molecule has 0 aliphatic carbocycles. The summed E-state index contributed by atoms with van der Waals surface area (Å²) in [7, 11) is 0. The smallest absolute Gasteiger partial charge is 0.335 e. The van der Waals surface area contributed by atoms with Gasteiger partial charge in [0.2, 0.25) is 0 Å². The summed E-state index contributed by atoms with van der Waals surface area (Å²) in [4.78, 5) is 34.4. The van der Waals surface area contributed by atoms with Gasteiger partial charge in [0.1, 0.15) is 6.73 Å². The maximum atomic E-state index is 11.6. The maximum Gasteiger partial charge on any atom is 0.335 e. The van der Waals surface area contributed by atoms with Crippen LogP contribution in [0.1, 0.15) is 31.1 Å².